The van der Waals surface area contributed by atoms with Crippen molar-refractivity contribution >= 4 is 0 Å². The van der Waals surface area contributed by atoms with Crippen molar-refractivity contribution in [3.8, 4) is 0 Å². The Labute approximate surface area is 86.3 Å². The van der Waals surface area contributed by atoms with Gasteiger partial charge in [-0.3, -0.25) is 0 Å². The molecule has 0 heterocycles. The third-order valence-electron chi connectivity index (χ3n) is 3.11. The van der Waals surface area contributed by atoms with Crippen LogP contribution in [0, 0.1) is 5.92 Å². The van der Waals surface area contributed by atoms with Gasteiger partial charge >= 0.3 is 0 Å². The van der Waals surface area contributed by atoms with E-state index in [1.165, 1.54) is 37.7 Å². The lowest BCUT2D eigenvalue weighted by Gasteiger charge is -2.00. The van der Waals surface area contributed by atoms with Crippen LogP contribution < -0.4 is 5.73 Å². The zero-order valence-corrected chi connectivity index (χ0v) is 8.65. The van der Waals surface area contributed by atoms with Gasteiger partial charge in [0.25, 0.3) is 0 Å². The molecule has 1 nitrogen and oxygen atoms in total. The lowest BCUT2D eigenvalue weighted by atomic mass is 10.1. The van der Waals surface area contributed by atoms with Gasteiger partial charge in [-0.25, -0.2) is 0 Å². The number of hydrogen-bond acceptors (Lipinski definition) is 1. The van der Waals surface area contributed by atoms with Gasteiger partial charge < -0.3 is 5.73 Å². The zero-order valence-electron chi connectivity index (χ0n) is 8.65. The first-order chi connectivity index (χ1) is 6.86. The van der Waals surface area contributed by atoms with E-state index in [-0.39, 0.29) is 0 Å². The Kier molecular flexibility index (Phi) is 3.20. The summed E-state index contributed by atoms with van der Waals surface area (Å²) in [6.07, 6.45) is 6.49. The fourth-order valence-corrected chi connectivity index (χ4v) is 1.98. The largest absolute Gasteiger partial charge is 0.327 e. The van der Waals surface area contributed by atoms with Crippen LogP contribution in [0.3, 0.4) is 0 Å². The van der Waals surface area contributed by atoms with E-state index in [9.17, 15) is 0 Å². The molecule has 2 unspecified atom stereocenters. The maximum absolute atomic E-state index is 5.76. The molecule has 0 saturated heterocycles. The number of rotatable bonds is 5. The Hall–Kier alpha value is -0.820. The van der Waals surface area contributed by atoms with Crippen molar-refractivity contribution in [3.05, 3.63) is 35.9 Å². The van der Waals surface area contributed by atoms with Gasteiger partial charge in [0.2, 0.25) is 0 Å². The van der Waals surface area contributed by atoms with Crippen molar-refractivity contribution in [2.24, 2.45) is 11.7 Å². The summed E-state index contributed by atoms with van der Waals surface area (Å²) < 4.78 is 0. The molecule has 0 bridgehead atoms. The van der Waals surface area contributed by atoms with Gasteiger partial charge in [0.1, 0.15) is 0 Å². The van der Waals surface area contributed by atoms with Crippen molar-refractivity contribution < 1.29 is 0 Å². The molecule has 0 aromatic heterocycles. The minimum absolute atomic E-state index is 0.534. The maximum Gasteiger partial charge on any atom is 0.00709 e. The van der Waals surface area contributed by atoms with Crippen LogP contribution in [0.1, 0.15) is 31.2 Å². The quantitative estimate of drug-likeness (QED) is 0.708. The molecule has 0 amide bonds. The summed E-state index contributed by atoms with van der Waals surface area (Å²) in [5, 5.41) is 0. The average molecular weight is 189 g/mol. The van der Waals surface area contributed by atoms with Gasteiger partial charge in [-0.2, -0.15) is 0 Å². The highest BCUT2D eigenvalue weighted by atomic mass is 14.7. The fourth-order valence-electron chi connectivity index (χ4n) is 1.98. The van der Waals surface area contributed by atoms with E-state index >= 15 is 0 Å². The summed E-state index contributed by atoms with van der Waals surface area (Å²) in [7, 11) is 0. The van der Waals surface area contributed by atoms with Crippen LogP contribution in [0.4, 0.5) is 0 Å². The minimum Gasteiger partial charge on any atom is -0.327 e. The minimum atomic E-state index is 0.534. The van der Waals surface area contributed by atoms with E-state index < -0.39 is 0 Å². The number of benzene rings is 1. The molecule has 1 heteroatoms. The molecule has 2 atom stereocenters. The molecule has 0 radical (unpaired) electrons. The maximum atomic E-state index is 5.76. The van der Waals surface area contributed by atoms with E-state index in [0.29, 0.717) is 6.04 Å². The number of unbranched alkanes of at least 4 members (excludes halogenated alkanes) is 1. The molecule has 1 fully saturated rings. The summed E-state index contributed by atoms with van der Waals surface area (Å²) in [5.74, 6) is 0.853. The molecule has 2 rings (SSSR count). The molecule has 2 N–H and O–H groups in total. The third-order valence-corrected chi connectivity index (χ3v) is 3.11. The van der Waals surface area contributed by atoms with Gasteiger partial charge in [0.05, 0.1) is 0 Å². The molecule has 1 saturated carbocycles. The second kappa shape index (κ2) is 4.61. The molecule has 76 valence electrons. The van der Waals surface area contributed by atoms with Crippen molar-refractivity contribution in [1.29, 1.82) is 0 Å². The summed E-state index contributed by atoms with van der Waals surface area (Å²) in [6.45, 7) is 0. The van der Waals surface area contributed by atoms with Crippen molar-refractivity contribution in [3.63, 3.8) is 0 Å². The van der Waals surface area contributed by atoms with Crippen LogP contribution in [0.15, 0.2) is 30.3 Å². The van der Waals surface area contributed by atoms with Gasteiger partial charge in [-0.1, -0.05) is 36.8 Å². The SMILES string of the molecule is NC1CC1CCCCc1ccccc1. The predicted octanol–water partition coefficient (Wildman–Crippen LogP) is 2.75. The lowest BCUT2D eigenvalue weighted by Crippen LogP contribution is -2.01. The van der Waals surface area contributed by atoms with E-state index in [0.717, 1.165) is 5.92 Å². The first kappa shape index (κ1) is 9.72. The second-order valence-corrected chi connectivity index (χ2v) is 4.39. The van der Waals surface area contributed by atoms with E-state index in [1.807, 2.05) is 0 Å². The van der Waals surface area contributed by atoms with Crippen molar-refractivity contribution in [2.75, 3.05) is 0 Å². The van der Waals surface area contributed by atoms with Crippen LogP contribution in [-0.2, 0) is 6.42 Å². The summed E-state index contributed by atoms with van der Waals surface area (Å²) >= 11 is 0. The zero-order chi connectivity index (χ0) is 9.80. The number of nitrogens with two attached hydrogens (primary N) is 1. The first-order valence-electron chi connectivity index (χ1n) is 5.66. The molecule has 1 aromatic rings. The summed E-state index contributed by atoms with van der Waals surface area (Å²) in [4.78, 5) is 0. The first-order valence-corrected chi connectivity index (χ1v) is 5.66. The standard InChI is InChI=1S/C13H19N/c14-13-10-12(13)9-5-4-8-11-6-2-1-3-7-11/h1-3,6-7,12-13H,4-5,8-10,14H2. The molecule has 0 spiro atoms. The van der Waals surface area contributed by atoms with Crippen molar-refractivity contribution in [1.82, 2.24) is 0 Å². The summed E-state index contributed by atoms with van der Waals surface area (Å²) in [6, 6.07) is 11.3. The highest BCUT2D eigenvalue weighted by Crippen LogP contribution is 2.32. The third kappa shape index (κ3) is 2.85. The monoisotopic (exact) mass is 189 g/mol. The molecule has 1 aliphatic carbocycles. The van der Waals surface area contributed by atoms with E-state index in [1.54, 1.807) is 0 Å². The van der Waals surface area contributed by atoms with Crippen LogP contribution >= 0.6 is 0 Å². The van der Waals surface area contributed by atoms with E-state index in [2.05, 4.69) is 30.3 Å². The topological polar surface area (TPSA) is 26.0 Å². The molecule has 1 aliphatic rings. The van der Waals surface area contributed by atoms with Gasteiger partial charge in [0.15, 0.2) is 0 Å². The fraction of sp³-hybridized carbons (Fsp3) is 0.538. The second-order valence-electron chi connectivity index (χ2n) is 4.39. The van der Waals surface area contributed by atoms with Gasteiger partial charge in [-0.15, -0.1) is 0 Å². The molecular formula is C13H19N. The Balaban J connectivity index is 1.59. The van der Waals surface area contributed by atoms with Crippen LogP contribution in [0.5, 0.6) is 0 Å². The normalized spacial score (nSPS) is 24.9. The Morgan fingerprint density at radius 2 is 1.86 bits per heavy atom. The number of hydrogen-bond donors (Lipinski definition) is 1. The Bertz CT molecular complexity index is 268. The molecule has 1 aromatic carbocycles. The highest BCUT2D eigenvalue weighted by molar-refractivity contribution is 5.14. The molecule has 14 heavy (non-hydrogen) atoms. The Morgan fingerprint density at radius 1 is 1.14 bits per heavy atom. The highest BCUT2D eigenvalue weighted by Gasteiger charge is 2.31. The average Bonchev–Trinajstić information content (AvgIpc) is 2.91. The molecule has 0 aliphatic heterocycles. The number of aryl methyl sites for hydroxylation is 1. The van der Waals surface area contributed by atoms with Crippen LogP contribution in [0.25, 0.3) is 0 Å². The molecular weight excluding hydrogens is 170 g/mol. The lowest BCUT2D eigenvalue weighted by molar-refractivity contribution is 0.615. The van der Waals surface area contributed by atoms with Gasteiger partial charge in [0, 0.05) is 6.04 Å². The van der Waals surface area contributed by atoms with E-state index in [4.69, 9.17) is 5.73 Å². The van der Waals surface area contributed by atoms with Crippen LogP contribution in [0.2, 0.25) is 0 Å². The van der Waals surface area contributed by atoms with Gasteiger partial charge in [-0.05, 0) is 37.2 Å². The van der Waals surface area contributed by atoms with Crippen LogP contribution in [-0.4, -0.2) is 6.04 Å². The summed E-state index contributed by atoms with van der Waals surface area (Å²) in [5.41, 5.74) is 7.23. The van der Waals surface area contributed by atoms with Crippen molar-refractivity contribution in [2.45, 2.75) is 38.1 Å². The predicted molar refractivity (Wildman–Crippen MR) is 60.1 cm³/mol. The smallest absolute Gasteiger partial charge is 0.00709 e. The Morgan fingerprint density at radius 3 is 2.50 bits per heavy atom.